The lowest BCUT2D eigenvalue weighted by Crippen LogP contribution is -2.09. The summed E-state index contributed by atoms with van der Waals surface area (Å²) in [6.45, 7) is 2.02. The lowest BCUT2D eigenvalue weighted by molar-refractivity contribution is 0.907. The maximum absolute atomic E-state index is 12.5. The van der Waals surface area contributed by atoms with Crippen LogP contribution >= 0.6 is 11.3 Å². The molecule has 0 aliphatic rings. The number of H-pyrrole nitrogens is 1. The number of fused-ring (bicyclic) bond motifs is 1. The fourth-order valence-corrected chi connectivity index (χ4v) is 3.75. The second-order valence-electron chi connectivity index (χ2n) is 5.35. The van der Waals surface area contributed by atoms with Crippen molar-refractivity contribution >= 4 is 21.6 Å². The molecule has 0 unspecified atom stereocenters. The number of aromatic nitrogens is 4. The van der Waals surface area contributed by atoms with E-state index < -0.39 is 0 Å². The van der Waals surface area contributed by atoms with Crippen molar-refractivity contribution in [1.29, 1.82) is 0 Å². The van der Waals surface area contributed by atoms with Crippen molar-refractivity contribution in [2.24, 2.45) is 7.05 Å². The molecule has 0 aliphatic heterocycles. The summed E-state index contributed by atoms with van der Waals surface area (Å²) in [7, 11) is 1.88. The maximum Gasteiger partial charge on any atom is 0.269 e. The fraction of sp³-hybridized carbons (Fsp3) is 0.118. The Morgan fingerprint density at radius 3 is 2.70 bits per heavy atom. The Morgan fingerprint density at radius 1 is 1.22 bits per heavy atom. The molecule has 0 fully saturated rings. The standard InChI is InChI=1S/C17H14N4OS/c1-10-12(11-6-4-3-5-7-11)13-14(23-10)17(22)20-15(19-13)16-18-8-9-21(16)2/h3-9H,1-2H3,(H,19,20,22). The Bertz CT molecular complexity index is 1060. The summed E-state index contributed by atoms with van der Waals surface area (Å²) < 4.78 is 2.49. The van der Waals surface area contributed by atoms with E-state index in [0.29, 0.717) is 16.3 Å². The van der Waals surface area contributed by atoms with Crippen molar-refractivity contribution in [2.45, 2.75) is 6.92 Å². The molecule has 3 heterocycles. The molecule has 3 aromatic heterocycles. The van der Waals surface area contributed by atoms with Gasteiger partial charge in [0.1, 0.15) is 4.70 Å². The number of imidazole rings is 1. The number of hydrogen-bond acceptors (Lipinski definition) is 4. The highest BCUT2D eigenvalue weighted by Crippen LogP contribution is 2.35. The van der Waals surface area contributed by atoms with Crippen molar-refractivity contribution < 1.29 is 0 Å². The van der Waals surface area contributed by atoms with Gasteiger partial charge in [0, 0.05) is 29.9 Å². The van der Waals surface area contributed by atoms with Crippen molar-refractivity contribution in [3.8, 4) is 22.8 Å². The van der Waals surface area contributed by atoms with Crippen LogP contribution in [0.5, 0.6) is 0 Å². The predicted octanol–water partition coefficient (Wildman–Crippen LogP) is 3.36. The summed E-state index contributed by atoms with van der Waals surface area (Å²) in [5, 5.41) is 0. The molecule has 5 nitrogen and oxygen atoms in total. The van der Waals surface area contributed by atoms with E-state index in [4.69, 9.17) is 4.98 Å². The Kier molecular flexibility index (Phi) is 3.12. The molecule has 0 bridgehead atoms. The highest BCUT2D eigenvalue weighted by molar-refractivity contribution is 7.19. The number of benzene rings is 1. The summed E-state index contributed by atoms with van der Waals surface area (Å²) in [5.41, 5.74) is 2.70. The van der Waals surface area contributed by atoms with E-state index in [2.05, 4.69) is 9.97 Å². The Labute approximate surface area is 136 Å². The van der Waals surface area contributed by atoms with E-state index in [1.54, 1.807) is 6.20 Å². The third-order valence-electron chi connectivity index (χ3n) is 3.82. The summed E-state index contributed by atoms with van der Waals surface area (Å²) >= 11 is 1.48. The molecular formula is C17H14N4OS. The Morgan fingerprint density at radius 2 is 2.00 bits per heavy atom. The first kappa shape index (κ1) is 13.9. The molecule has 4 aromatic rings. The molecule has 1 aromatic carbocycles. The molecule has 0 radical (unpaired) electrons. The van der Waals surface area contributed by atoms with Gasteiger partial charge in [-0.2, -0.15) is 0 Å². The Hall–Kier alpha value is -2.73. The van der Waals surface area contributed by atoms with Gasteiger partial charge in [-0.3, -0.25) is 4.79 Å². The minimum Gasteiger partial charge on any atom is -0.331 e. The van der Waals surface area contributed by atoms with Crippen LogP contribution in [-0.2, 0) is 7.05 Å². The van der Waals surface area contributed by atoms with Crippen LogP contribution in [-0.4, -0.2) is 19.5 Å². The number of hydrogen-bond donors (Lipinski definition) is 1. The number of nitrogens with zero attached hydrogens (tertiary/aromatic N) is 3. The van der Waals surface area contributed by atoms with Gasteiger partial charge in [0.05, 0.1) is 5.52 Å². The average Bonchev–Trinajstić information content (AvgIpc) is 3.11. The molecule has 0 atom stereocenters. The average molecular weight is 322 g/mol. The van der Waals surface area contributed by atoms with Gasteiger partial charge in [-0.25, -0.2) is 9.97 Å². The van der Waals surface area contributed by atoms with Crippen molar-refractivity contribution in [3.63, 3.8) is 0 Å². The van der Waals surface area contributed by atoms with Crippen LogP contribution in [0.2, 0.25) is 0 Å². The molecule has 23 heavy (non-hydrogen) atoms. The number of rotatable bonds is 2. The van der Waals surface area contributed by atoms with Gasteiger partial charge in [0.15, 0.2) is 11.6 Å². The number of aryl methyl sites for hydroxylation is 2. The van der Waals surface area contributed by atoms with Crippen LogP contribution in [0.25, 0.3) is 33.0 Å². The number of aromatic amines is 1. The van der Waals surface area contributed by atoms with Crippen LogP contribution in [0.1, 0.15) is 4.88 Å². The summed E-state index contributed by atoms with van der Waals surface area (Å²) in [6, 6.07) is 10.0. The van der Waals surface area contributed by atoms with E-state index in [9.17, 15) is 4.79 Å². The van der Waals surface area contributed by atoms with Crippen LogP contribution in [0.15, 0.2) is 47.5 Å². The van der Waals surface area contributed by atoms with Crippen molar-refractivity contribution in [3.05, 3.63) is 58.0 Å². The molecule has 114 valence electrons. The van der Waals surface area contributed by atoms with Crippen LogP contribution in [0, 0.1) is 6.92 Å². The lowest BCUT2D eigenvalue weighted by Gasteiger charge is -2.04. The van der Waals surface area contributed by atoms with Crippen LogP contribution in [0.3, 0.4) is 0 Å². The SMILES string of the molecule is Cc1sc2c(=O)[nH]c(-c3nccn3C)nc2c1-c1ccccc1. The highest BCUT2D eigenvalue weighted by Gasteiger charge is 2.17. The molecule has 0 amide bonds. The van der Waals surface area contributed by atoms with Gasteiger partial charge >= 0.3 is 0 Å². The normalized spacial score (nSPS) is 11.2. The third-order valence-corrected chi connectivity index (χ3v) is 4.91. The molecule has 0 aliphatic carbocycles. The van der Waals surface area contributed by atoms with Gasteiger partial charge < -0.3 is 9.55 Å². The molecule has 1 N–H and O–H groups in total. The van der Waals surface area contributed by atoms with E-state index >= 15 is 0 Å². The molecular weight excluding hydrogens is 308 g/mol. The molecule has 6 heteroatoms. The number of thiophene rings is 1. The zero-order chi connectivity index (χ0) is 16.0. The molecule has 0 spiro atoms. The first-order chi connectivity index (χ1) is 11.1. The van der Waals surface area contributed by atoms with Gasteiger partial charge in [0.2, 0.25) is 0 Å². The Balaban J connectivity index is 2.05. The lowest BCUT2D eigenvalue weighted by atomic mass is 10.1. The molecule has 0 saturated heterocycles. The highest BCUT2D eigenvalue weighted by atomic mass is 32.1. The van der Waals surface area contributed by atoms with Crippen LogP contribution < -0.4 is 5.56 Å². The van der Waals surface area contributed by atoms with Gasteiger partial charge in [-0.1, -0.05) is 30.3 Å². The predicted molar refractivity (Wildman–Crippen MR) is 92.6 cm³/mol. The topological polar surface area (TPSA) is 63.6 Å². The van der Waals surface area contributed by atoms with Gasteiger partial charge in [-0.05, 0) is 12.5 Å². The first-order valence-corrected chi connectivity index (χ1v) is 8.03. The third kappa shape index (κ3) is 2.19. The number of nitrogens with one attached hydrogen (secondary N) is 1. The monoisotopic (exact) mass is 322 g/mol. The van der Waals surface area contributed by atoms with E-state index in [1.165, 1.54) is 11.3 Å². The first-order valence-electron chi connectivity index (χ1n) is 7.21. The largest absolute Gasteiger partial charge is 0.331 e. The van der Waals surface area contributed by atoms with E-state index in [0.717, 1.165) is 21.5 Å². The zero-order valence-electron chi connectivity index (χ0n) is 12.7. The van der Waals surface area contributed by atoms with Crippen molar-refractivity contribution in [2.75, 3.05) is 0 Å². The minimum atomic E-state index is -0.122. The summed E-state index contributed by atoms with van der Waals surface area (Å²) in [4.78, 5) is 25.4. The molecule has 4 rings (SSSR count). The summed E-state index contributed by atoms with van der Waals surface area (Å²) in [6.07, 6.45) is 3.52. The molecule has 0 saturated carbocycles. The van der Waals surface area contributed by atoms with E-state index in [1.807, 2.05) is 55.1 Å². The quantitative estimate of drug-likeness (QED) is 0.615. The van der Waals surface area contributed by atoms with E-state index in [-0.39, 0.29) is 5.56 Å². The summed E-state index contributed by atoms with van der Waals surface area (Å²) in [5.74, 6) is 1.14. The van der Waals surface area contributed by atoms with Crippen LogP contribution in [0.4, 0.5) is 0 Å². The smallest absolute Gasteiger partial charge is 0.269 e. The van der Waals surface area contributed by atoms with Crippen molar-refractivity contribution in [1.82, 2.24) is 19.5 Å². The maximum atomic E-state index is 12.5. The van der Waals surface area contributed by atoms with Gasteiger partial charge in [-0.15, -0.1) is 11.3 Å². The second kappa shape index (κ2) is 5.17. The fourth-order valence-electron chi connectivity index (χ4n) is 2.74. The zero-order valence-corrected chi connectivity index (χ0v) is 13.5. The van der Waals surface area contributed by atoms with Gasteiger partial charge in [0.25, 0.3) is 5.56 Å². The second-order valence-corrected chi connectivity index (χ2v) is 6.58. The minimum absolute atomic E-state index is 0.122.